The predicted octanol–water partition coefficient (Wildman–Crippen LogP) is 2.77. The van der Waals surface area contributed by atoms with E-state index in [1.54, 1.807) is 36.1 Å². The van der Waals surface area contributed by atoms with Gasteiger partial charge in [0.25, 0.3) is 5.91 Å². The summed E-state index contributed by atoms with van der Waals surface area (Å²) in [5, 5.41) is 14.5. The number of hydrogen-bond donors (Lipinski definition) is 1. The average Bonchev–Trinajstić information content (AvgIpc) is 3.20. The van der Waals surface area contributed by atoms with Gasteiger partial charge in [0.15, 0.2) is 5.82 Å². The minimum atomic E-state index is -0.166. The lowest BCUT2D eigenvalue weighted by molar-refractivity contribution is 0.0950. The molecule has 1 aromatic heterocycles. The number of ether oxygens (including phenoxy) is 2. The van der Waals surface area contributed by atoms with Crippen molar-refractivity contribution in [3.63, 3.8) is 0 Å². The molecule has 2 aromatic carbocycles. The Morgan fingerprint density at radius 2 is 1.89 bits per heavy atom. The van der Waals surface area contributed by atoms with Crippen molar-refractivity contribution in [1.29, 1.82) is 0 Å². The van der Waals surface area contributed by atoms with Crippen LogP contribution in [0.5, 0.6) is 11.5 Å². The van der Waals surface area contributed by atoms with E-state index in [-0.39, 0.29) is 18.6 Å². The Morgan fingerprint density at radius 1 is 1.14 bits per heavy atom. The first kappa shape index (κ1) is 19.3. The molecule has 0 unspecified atom stereocenters. The molecular formula is C20H23N5O3. The Hall–Kier alpha value is -3.42. The SMILES string of the molecule is COc1ccccc1CNC(=O)c1ccc(OCc2nnnn2C(C)C)cc1. The summed E-state index contributed by atoms with van der Waals surface area (Å²) in [6.07, 6.45) is 0. The number of carbonyl (C=O) groups excluding carboxylic acids is 1. The Balaban J connectivity index is 1.56. The second-order valence-electron chi connectivity index (χ2n) is 6.44. The lowest BCUT2D eigenvalue weighted by Gasteiger charge is -2.11. The number of aromatic nitrogens is 4. The molecule has 28 heavy (non-hydrogen) atoms. The van der Waals surface area contributed by atoms with Crippen LogP contribution < -0.4 is 14.8 Å². The molecule has 0 aliphatic heterocycles. The van der Waals surface area contributed by atoms with Crippen molar-refractivity contribution in [3.8, 4) is 11.5 Å². The zero-order chi connectivity index (χ0) is 19.9. The van der Waals surface area contributed by atoms with Gasteiger partial charge in [-0.1, -0.05) is 18.2 Å². The van der Waals surface area contributed by atoms with Crippen LogP contribution >= 0.6 is 0 Å². The summed E-state index contributed by atoms with van der Waals surface area (Å²) in [7, 11) is 1.61. The van der Waals surface area contributed by atoms with Crippen LogP contribution in [0.2, 0.25) is 0 Å². The predicted molar refractivity (Wildman–Crippen MR) is 103 cm³/mol. The van der Waals surface area contributed by atoms with Crippen LogP contribution in [0.25, 0.3) is 0 Å². The summed E-state index contributed by atoms with van der Waals surface area (Å²) in [5.41, 5.74) is 1.47. The number of rotatable bonds is 8. The lowest BCUT2D eigenvalue weighted by atomic mass is 10.1. The molecule has 0 fully saturated rings. The first-order valence-corrected chi connectivity index (χ1v) is 8.98. The van der Waals surface area contributed by atoms with Crippen molar-refractivity contribution in [2.75, 3.05) is 7.11 Å². The minimum Gasteiger partial charge on any atom is -0.496 e. The fourth-order valence-electron chi connectivity index (χ4n) is 2.69. The smallest absolute Gasteiger partial charge is 0.251 e. The molecule has 0 saturated heterocycles. The van der Waals surface area contributed by atoms with Crippen molar-refractivity contribution in [1.82, 2.24) is 25.5 Å². The molecule has 0 aliphatic rings. The van der Waals surface area contributed by atoms with Crippen molar-refractivity contribution < 1.29 is 14.3 Å². The first-order valence-electron chi connectivity index (χ1n) is 8.98. The molecule has 0 atom stereocenters. The van der Waals surface area contributed by atoms with E-state index in [2.05, 4.69) is 20.8 Å². The van der Waals surface area contributed by atoms with Gasteiger partial charge in [0.2, 0.25) is 0 Å². The molecule has 3 aromatic rings. The summed E-state index contributed by atoms with van der Waals surface area (Å²) in [6.45, 7) is 4.64. The molecule has 8 heteroatoms. The zero-order valence-corrected chi connectivity index (χ0v) is 16.1. The van der Waals surface area contributed by atoms with Gasteiger partial charge in [0.05, 0.1) is 13.2 Å². The van der Waals surface area contributed by atoms with Crippen molar-refractivity contribution in [2.24, 2.45) is 0 Å². The molecule has 0 aliphatic carbocycles. The highest BCUT2D eigenvalue weighted by molar-refractivity contribution is 5.94. The van der Waals surface area contributed by atoms with Gasteiger partial charge in [-0.3, -0.25) is 4.79 Å². The van der Waals surface area contributed by atoms with Crippen molar-refractivity contribution in [3.05, 3.63) is 65.5 Å². The molecule has 0 bridgehead atoms. The number of methoxy groups -OCH3 is 1. The standard InChI is InChI=1S/C20H23N5O3/c1-14(2)25-19(22-23-24-25)13-28-17-10-8-15(9-11-17)20(26)21-12-16-6-4-5-7-18(16)27-3/h4-11,14H,12-13H2,1-3H3,(H,21,26). The van der Waals surface area contributed by atoms with Gasteiger partial charge in [-0.25, -0.2) is 4.68 Å². The highest BCUT2D eigenvalue weighted by atomic mass is 16.5. The maximum absolute atomic E-state index is 12.4. The molecule has 1 N–H and O–H groups in total. The van der Waals surface area contributed by atoms with E-state index >= 15 is 0 Å². The fraction of sp³-hybridized carbons (Fsp3) is 0.300. The molecule has 1 heterocycles. The minimum absolute atomic E-state index is 0.155. The van der Waals surface area contributed by atoms with Crippen molar-refractivity contribution >= 4 is 5.91 Å². The molecule has 0 radical (unpaired) electrons. The van der Waals surface area contributed by atoms with Crippen LogP contribution in [0.4, 0.5) is 0 Å². The molecule has 3 rings (SSSR count). The monoisotopic (exact) mass is 381 g/mol. The van der Waals surface area contributed by atoms with Gasteiger partial charge >= 0.3 is 0 Å². The summed E-state index contributed by atoms with van der Waals surface area (Å²) in [6, 6.07) is 14.7. The topological polar surface area (TPSA) is 91.2 Å². The number of amides is 1. The average molecular weight is 381 g/mol. The van der Waals surface area contributed by atoms with E-state index in [0.717, 1.165) is 11.3 Å². The Kier molecular flexibility index (Phi) is 6.21. The lowest BCUT2D eigenvalue weighted by Crippen LogP contribution is -2.23. The Labute approximate surface area is 163 Å². The van der Waals surface area contributed by atoms with Gasteiger partial charge in [-0.05, 0) is 54.6 Å². The van der Waals surface area contributed by atoms with E-state index in [9.17, 15) is 4.79 Å². The summed E-state index contributed by atoms with van der Waals surface area (Å²) >= 11 is 0. The second-order valence-corrected chi connectivity index (χ2v) is 6.44. The number of tetrazole rings is 1. The first-order chi connectivity index (χ1) is 13.6. The third-order valence-electron chi connectivity index (χ3n) is 4.17. The molecule has 8 nitrogen and oxygen atoms in total. The van der Waals surface area contributed by atoms with E-state index in [4.69, 9.17) is 9.47 Å². The second kappa shape index (κ2) is 8.98. The van der Waals surface area contributed by atoms with Crippen LogP contribution in [-0.4, -0.2) is 33.2 Å². The maximum atomic E-state index is 12.4. The Bertz CT molecular complexity index is 922. The molecule has 0 saturated carbocycles. The summed E-state index contributed by atoms with van der Waals surface area (Å²) in [5.74, 6) is 1.87. The van der Waals surface area contributed by atoms with Gasteiger partial charge in [0.1, 0.15) is 18.1 Å². The molecule has 0 spiro atoms. The van der Waals surface area contributed by atoms with Gasteiger partial charge in [-0.2, -0.15) is 0 Å². The van der Waals surface area contributed by atoms with Crippen LogP contribution in [0, 0.1) is 0 Å². The van der Waals surface area contributed by atoms with Gasteiger partial charge in [-0.15, -0.1) is 5.10 Å². The number of hydrogen-bond acceptors (Lipinski definition) is 6. The van der Waals surface area contributed by atoms with Crippen LogP contribution in [-0.2, 0) is 13.2 Å². The third kappa shape index (κ3) is 4.64. The third-order valence-corrected chi connectivity index (χ3v) is 4.17. The highest BCUT2D eigenvalue weighted by Crippen LogP contribution is 2.18. The number of para-hydroxylation sites is 1. The maximum Gasteiger partial charge on any atom is 0.251 e. The van der Waals surface area contributed by atoms with Crippen LogP contribution in [0.3, 0.4) is 0 Å². The zero-order valence-electron chi connectivity index (χ0n) is 16.1. The Morgan fingerprint density at radius 3 is 2.61 bits per heavy atom. The normalized spacial score (nSPS) is 10.7. The van der Waals surface area contributed by atoms with Gasteiger partial charge in [0, 0.05) is 17.7 Å². The van der Waals surface area contributed by atoms with E-state index in [0.29, 0.717) is 23.7 Å². The summed E-state index contributed by atoms with van der Waals surface area (Å²) < 4.78 is 12.7. The number of benzene rings is 2. The van der Waals surface area contributed by atoms with E-state index in [1.165, 1.54) is 0 Å². The largest absolute Gasteiger partial charge is 0.496 e. The number of carbonyl (C=O) groups is 1. The van der Waals surface area contributed by atoms with E-state index < -0.39 is 0 Å². The van der Waals surface area contributed by atoms with Crippen molar-refractivity contribution in [2.45, 2.75) is 33.0 Å². The number of nitrogens with zero attached hydrogens (tertiary/aromatic N) is 4. The summed E-state index contributed by atoms with van der Waals surface area (Å²) in [4.78, 5) is 12.4. The van der Waals surface area contributed by atoms with Gasteiger partial charge < -0.3 is 14.8 Å². The fourth-order valence-corrected chi connectivity index (χ4v) is 2.69. The van der Waals surface area contributed by atoms with Crippen LogP contribution in [0.1, 0.15) is 41.6 Å². The quantitative estimate of drug-likeness (QED) is 0.645. The number of nitrogens with one attached hydrogen (secondary N) is 1. The highest BCUT2D eigenvalue weighted by Gasteiger charge is 2.11. The van der Waals surface area contributed by atoms with E-state index in [1.807, 2.05) is 38.1 Å². The molecule has 146 valence electrons. The van der Waals surface area contributed by atoms with Crippen LogP contribution in [0.15, 0.2) is 48.5 Å². The molecular weight excluding hydrogens is 358 g/mol. The molecule has 1 amide bonds.